The van der Waals surface area contributed by atoms with Crippen LogP contribution in [-0.2, 0) is 14.3 Å². The second kappa shape index (κ2) is 25.8. The minimum atomic E-state index is -0.446. The van der Waals surface area contributed by atoms with Crippen LogP contribution in [0.4, 0.5) is 0 Å². The summed E-state index contributed by atoms with van der Waals surface area (Å²) in [6.07, 6.45) is 2.74. The highest BCUT2D eigenvalue weighted by Crippen LogP contribution is 2.28. The molecule has 0 aliphatic rings. The molecule has 61 heavy (non-hydrogen) atoms. The summed E-state index contributed by atoms with van der Waals surface area (Å²) < 4.78 is 15.9. The first-order valence-electron chi connectivity index (χ1n) is 21.6. The molecule has 0 fully saturated rings. The lowest BCUT2D eigenvalue weighted by molar-refractivity contribution is -0.144. The Morgan fingerprint density at radius 1 is 0.443 bits per heavy atom. The van der Waals surface area contributed by atoms with Crippen molar-refractivity contribution in [2.24, 2.45) is 10.8 Å². The van der Waals surface area contributed by atoms with Gasteiger partial charge in [0.25, 0.3) is 0 Å². The average molecular weight is 821 g/mol. The van der Waals surface area contributed by atoms with Gasteiger partial charge in [-0.3, -0.25) is 9.59 Å². The molecule has 6 aromatic rings. The summed E-state index contributed by atoms with van der Waals surface area (Å²) in [5.74, 6) is 2.02. The smallest absolute Gasteiger partial charge is 0.316 e. The zero-order valence-electron chi connectivity index (χ0n) is 38.2. The molecule has 0 saturated heterocycles. The lowest BCUT2D eigenvalue weighted by Crippen LogP contribution is -2.28. The van der Waals surface area contributed by atoms with Gasteiger partial charge in [0.1, 0.15) is 11.5 Å². The van der Waals surface area contributed by atoms with E-state index in [1.807, 2.05) is 133 Å². The third-order valence-electron chi connectivity index (χ3n) is 11.0. The summed E-state index contributed by atoms with van der Waals surface area (Å²) in [6.45, 7) is 19.0. The third kappa shape index (κ3) is 17.0. The quantitative estimate of drug-likeness (QED) is 0.0858. The number of carbonyl (C=O) groups is 2. The van der Waals surface area contributed by atoms with Crippen molar-refractivity contribution in [2.45, 2.75) is 93.4 Å². The van der Waals surface area contributed by atoms with Crippen LogP contribution in [0, 0.1) is 10.8 Å². The normalized spacial score (nSPS) is 11.8. The van der Waals surface area contributed by atoms with Crippen LogP contribution in [0.15, 0.2) is 170 Å². The molecule has 0 bridgehead atoms. The predicted octanol–water partition coefficient (Wildman–Crippen LogP) is 15.0. The minimum absolute atomic E-state index is 0.188. The Morgan fingerprint density at radius 3 is 1.03 bits per heavy atom. The predicted molar refractivity (Wildman–Crippen MR) is 255 cm³/mol. The van der Waals surface area contributed by atoms with Crippen molar-refractivity contribution < 1.29 is 23.8 Å². The van der Waals surface area contributed by atoms with E-state index < -0.39 is 10.8 Å². The van der Waals surface area contributed by atoms with Crippen molar-refractivity contribution in [3.63, 3.8) is 0 Å². The Morgan fingerprint density at radius 2 is 0.738 bits per heavy atom. The van der Waals surface area contributed by atoms with Gasteiger partial charge in [-0.25, -0.2) is 0 Å². The van der Waals surface area contributed by atoms with Crippen LogP contribution in [0.25, 0.3) is 22.3 Å². The molecule has 0 heterocycles. The van der Waals surface area contributed by atoms with Crippen molar-refractivity contribution in [1.29, 1.82) is 0 Å². The molecule has 0 saturated carbocycles. The first kappa shape index (κ1) is 49.6. The molecule has 0 aliphatic heterocycles. The Balaban J connectivity index is 0.000000227. The van der Waals surface area contributed by atoms with Crippen molar-refractivity contribution >= 4 is 11.9 Å². The molecule has 6 aromatic carbocycles. The van der Waals surface area contributed by atoms with E-state index >= 15 is 0 Å². The van der Waals surface area contributed by atoms with E-state index in [4.69, 9.17) is 14.2 Å². The van der Waals surface area contributed by atoms with E-state index in [9.17, 15) is 9.59 Å². The lowest BCUT2D eigenvalue weighted by atomic mass is 9.91. The lowest BCUT2D eigenvalue weighted by Gasteiger charge is -2.20. The maximum atomic E-state index is 12.0. The standard InChI is InChI=1S/2C18H20O2.C10H14O.C10H14/c2*1-4-18(2,3)17(19)20-16-12-10-15(11-13-16)14-8-6-5-7-9-14;1-9(8-11-2)10-6-4-3-5-7-10;1-3-9(2)10-7-5-4-6-8-10/h2*5-13H,4H2,1-3H3;3-7,9H,8H2,1-2H3;4-9H,3H2,1-2H3. The van der Waals surface area contributed by atoms with E-state index in [0.717, 1.165) is 41.7 Å². The van der Waals surface area contributed by atoms with E-state index in [2.05, 4.69) is 99.6 Å². The number of ether oxygens (including phenoxy) is 3. The van der Waals surface area contributed by atoms with Crippen LogP contribution in [0.3, 0.4) is 0 Å². The van der Waals surface area contributed by atoms with Crippen LogP contribution in [0.1, 0.15) is 105 Å². The van der Waals surface area contributed by atoms with Gasteiger partial charge in [0.15, 0.2) is 0 Å². The molecule has 0 aliphatic carbocycles. The molecule has 2 atom stereocenters. The summed E-state index contributed by atoms with van der Waals surface area (Å²) in [6, 6.07) is 56.5. The van der Waals surface area contributed by atoms with Gasteiger partial charge in [0, 0.05) is 13.0 Å². The van der Waals surface area contributed by atoms with Crippen molar-refractivity contribution in [3.05, 3.63) is 181 Å². The van der Waals surface area contributed by atoms with E-state index in [0.29, 0.717) is 23.3 Å². The number of hydrogen-bond donors (Lipinski definition) is 0. The van der Waals surface area contributed by atoms with Gasteiger partial charge < -0.3 is 14.2 Å². The highest BCUT2D eigenvalue weighted by Gasteiger charge is 2.28. The highest BCUT2D eigenvalue weighted by atomic mass is 16.5. The minimum Gasteiger partial charge on any atom is -0.426 e. The molecule has 6 rings (SSSR count). The van der Waals surface area contributed by atoms with E-state index in [-0.39, 0.29) is 11.9 Å². The molecule has 0 spiro atoms. The van der Waals surface area contributed by atoms with Gasteiger partial charge in [-0.1, -0.05) is 180 Å². The fourth-order valence-corrected chi connectivity index (χ4v) is 5.62. The molecular formula is C56H68O5. The molecule has 0 radical (unpaired) electrons. The molecule has 0 aromatic heterocycles. The fourth-order valence-electron chi connectivity index (χ4n) is 5.62. The number of methoxy groups -OCH3 is 1. The Bertz CT molecular complexity index is 1980. The average Bonchev–Trinajstić information content (AvgIpc) is 3.31. The topological polar surface area (TPSA) is 61.8 Å². The first-order valence-corrected chi connectivity index (χ1v) is 21.6. The van der Waals surface area contributed by atoms with Crippen LogP contribution in [0.5, 0.6) is 11.5 Å². The Labute approximate surface area is 367 Å². The molecule has 5 nitrogen and oxygen atoms in total. The Kier molecular flexibility index (Phi) is 20.9. The summed E-state index contributed by atoms with van der Waals surface area (Å²) in [5, 5.41) is 0. The maximum Gasteiger partial charge on any atom is 0.316 e. The number of rotatable bonds is 13. The SMILES string of the molecule is CCC(C)(C)C(=O)Oc1ccc(-c2ccccc2)cc1.CCC(C)(C)C(=O)Oc1ccc(-c2ccccc2)cc1.CCC(C)c1ccccc1.COCC(C)c1ccccc1. The fraction of sp³-hybridized carbons (Fsp3) is 0.321. The maximum absolute atomic E-state index is 12.0. The monoisotopic (exact) mass is 821 g/mol. The summed E-state index contributed by atoms with van der Waals surface area (Å²) in [7, 11) is 1.74. The molecule has 2 unspecified atom stereocenters. The van der Waals surface area contributed by atoms with Gasteiger partial charge >= 0.3 is 11.9 Å². The first-order chi connectivity index (χ1) is 29.2. The molecular weight excluding hydrogens is 753 g/mol. The molecule has 0 amide bonds. The summed E-state index contributed by atoms with van der Waals surface area (Å²) in [5.41, 5.74) is 6.43. The van der Waals surface area contributed by atoms with Gasteiger partial charge in [0.2, 0.25) is 0 Å². The largest absolute Gasteiger partial charge is 0.426 e. The molecule has 5 heteroatoms. The van der Waals surface area contributed by atoms with Crippen LogP contribution in [0.2, 0.25) is 0 Å². The zero-order chi connectivity index (χ0) is 44.7. The van der Waals surface area contributed by atoms with Crippen LogP contribution >= 0.6 is 0 Å². The molecule has 0 N–H and O–H groups in total. The van der Waals surface area contributed by atoms with Gasteiger partial charge in [-0.05, 0) is 111 Å². The van der Waals surface area contributed by atoms with Crippen molar-refractivity contribution in [3.8, 4) is 33.8 Å². The zero-order valence-corrected chi connectivity index (χ0v) is 38.2. The van der Waals surface area contributed by atoms with Crippen LogP contribution < -0.4 is 9.47 Å². The number of esters is 2. The summed E-state index contributed by atoms with van der Waals surface area (Å²) >= 11 is 0. The van der Waals surface area contributed by atoms with Gasteiger partial charge in [-0.2, -0.15) is 0 Å². The number of benzene rings is 6. The second-order valence-corrected chi connectivity index (χ2v) is 16.5. The van der Waals surface area contributed by atoms with Crippen molar-refractivity contribution in [1.82, 2.24) is 0 Å². The number of carbonyl (C=O) groups excluding carboxylic acids is 2. The third-order valence-corrected chi connectivity index (χ3v) is 11.0. The summed E-state index contributed by atoms with van der Waals surface area (Å²) in [4.78, 5) is 24.0. The highest BCUT2D eigenvalue weighted by molar-refractivity contribution is 5.79. The van der Waals surface area contributed by atoms with Gasteiger partial charge in [-0.15, -0.1) is 0 Å². The van der Waals surface area contributed by atoms with Crippen molar-refractivity contribution in [2.75, 3.05) is 13.7 Å². The van der Waals surface area contributed by atoms with E-state index in [1.165, 1.54) is 17.5 Å². The Hall–Kier alpha value is -5.78. The van der Waals surface area contributed by atoms with E-state index in [1.54, 1.807) is 7.11 Å². The van der Waals surface area contributed by atoms with Crippen LogP contribution in [-0.4, -0.2) is 25.7 Å². The molecule has 322 valence electrons. The second-order valence-electron chi connectivity index (χ2n) is 16.5. The van der Waals surface area contributed by atoms with Gasteiger partial charge in [0.05, 0.1) is 17.4 Å². The number of hydrogen-bond acceptors (Lipinski definition) is 5.